The molecular weight excluding hydrogens is 216 g/mol. The van der Waals surface area contributed by atoms with Crippen LogP contribution in [0.3, 0.4) is 0 Å². The van der Waals surface area contributed by atoms with Crippen molar-refractivity contribution in [2.24, 2.45) is 0 Å². The molecule has 0 unspecified atom stereocenters. The molecular formula is C9H10N2O3S. The van der Waals surface area contributed by atoms with E-state index in [1.54, 1.807) is 6.07 Å². The molecule has 5 nitrogen and oxygen atoms in total. The van der Waals surface area contributed by atoms with Crippen LogP contribution in [0.5, 0.6) is 5.88 Å². The van der Waals surface area contributed by atoms with Gasteiger partial charge in [-0.25, -0.2) is 18.1 Å². The molecule has 15 heavy (non-hydrogen) atoms. The van der Waals surface area contributed by atoms with Gasteiger partial charge in [0.25, 0.3) is 0 Å². The van der Waals surface area contributed by atoms with E-state index in [4.69, 9.17) is 4.74 Å². The van der Waals surface area contributed by atoms with Crippen molar-refractivity contribution in [3.05, 3.63) is 18.3 Å². The maximum atomic E-state index is 11.8. The van der Waals surface area contributed by atoms with Crippen LogP contribution in [0.25, 0.3) is 0 Å². The van der Waals surface area contributed by atoms with Crippen LogP contribution in [0.15, 0.2) is 23.2 Å². The third kappa shape index (κ3) is 1.40. The number of rotatable bonds is 0. The second-order valence-electron chi connectivity index (χ2n) is 3.92. The highest BCUT2D eigenvalue weighted by Gasteiger charge is 2.49. The zero-order chi connectivity index (χ0) is 10.5. The summed E-state index contributed by atoms with van der Waals surface area (Å²) in [6, 6.07) is 3.10. The molecule has 0 saturated heterocycles. The Kier molecular flexibility index (Phi) is 1.64. The summed E-state index contributed by atoms with van der Waals surface area (Å²) in [5, 5.41) is 0. The van der Waals surface area contributed by atoms with Crippen molar-refractivity contribution in [2.75, 3.05) is 6.54 Å². The third-order valence-electron chi connectivity index (χ3n) is 2.73. The molecule has 1 aliphatic carbocycles. The minimum atomic E-state index is -3.45. The van der Waals surface area contributed by atoms with Crippen molar-refractivity contribution >= 4 is 10.0 Å². The first-order valence-corrected chi connectivity index (χ1v) is 6.23. The van der Waals surface area contributed by atoms with Gasteiger partial charge in [0.1, 0.15) is 10.5 Å². The quantitative estimate of drug-likeness (QED) is 0.690. The molecule has 0 aromatic carbocycles. The highest BCUT2D eigenvalue weighted by molar-refractivity contribution is 7.89. The van der Waals surface area contributed by atoms with Gasteiger partial charge in [0.05, 0.1) is 6.54 Å². The fraction of sp³-hybridized carbons (Fsp3) is 0.444. The van der Waals surface area contributed by atoms with Gasteiger partial charge in [-0.2, -0.15) is 0 Å². The molecule has 1 fully saturated rings. The number of nitrogens with zero attached hydrogens (tertiary/aromatic N) is 1. The van der Waals surface area contributed by atoms with Crippen molar-refractivity contribution in [1.82, 2.24) is 9.71 Å². The largest absolute Gasteiger partial charge is 0.469 e. The van der Waals surface area contributed by atoms with E-state index in [-0.39, 0.29) is 16.4 Å². The smallest absolute Gasteiger partial charge is 0.246 e. The van der Waals surface area contributed by atoms with Crippen molar-refractivity contribution < 1.29 is 13.2 Å². The summed E-state index contributed by atoms with van der Waals surface area (Å²) in [4.78, 5) is 4.10. The van der Waals surface area contributed by atoms with Crippen LogP contribution in [0, 0.1) is 0 Å². The van der Waals surface area contributed by atoms with Gasteiger partial charge in [0, 0.05) is 6.20 Å². The molecule has 0 bridgehead atoms. The number of hydrogen-bond acceptors (Lipinski definition) is 4. The Morgan fingerprint density at radius 3 is 3.00 bits per heavy atom. The van der Waals surface area contributed by atoms with Gasteiger partial charge in [-0.05, 0) is 25.0 Å². The van der Waals surface area contributed by atoms with E-state index in [0.29, 0.717) is 6.54 Å². The number of ether oxygens (including phenoxy) is 1. The second-order valence-corrected chi connectivity index (χ2v) is 5.65. The summed E-state index contributed by atoms with van der Waals surface area (Å²) in [6.45, 7) is 0.339. The average Bonchev–Trinajstić information content (AvgIpc) is 2.97. The topological polar surface area (TPSA) is 68.3 Å². The van der Waals surface area contributed by atoms with Gasteiger partial charge in [-0.1, -0.05) is 0 Å². The second kappa shape index (κ2) is 2.70. The van der Waals surface area contributed by atoms with E-state index < -0.39 is 10.0 Å². The molecule has 2 aliphatic rings. The number of aromatic nitrogens is 1. The standard InChI is InChI=1S/C9H10N2O3S/c12-15(13)7-2-1-5-10-8(7)14-9(3-4-9)6-11-15/h1-2,5,11H,3-4,6H2. The molecule has 0 amide bonds. The molecule has 1 aromatic heterocycles. The SMILES string of the molecule is O=S1(=O)NCC2(CC2)Oc2ncccc21. The van der Waals surface area contributed by atoms with Gasteiger partial charge >= 0.3 is 0 Å². The van der Waals surface area contributed by atoms with E-state index in [1.807, 2.05) is 0 Å². The normalized spacial score (nSPS) is 25.1. The molecule has 2 heterocycles. The van der Waals surface area contributed by atoms with E-state index in [2.05, 4.69) is 9.71 Å². The van der Waals surface area contributed by atoms with Crippen LogP contribution in [-0.2, 0) is 10.0 Å². The monoisotopic (exact) mass is 226 g/mol. The van der Waals surface area contributed by atoms with E-state index >= 15 is 0 Å². The molecule has 1 aliphatic heterocycles. The van der Waals surface area contributed by atoms with E-state index in [1.165, 1.54) is 12.3 Å². The van der Waals surface area contributed by atoms with Crippen LogP contribution >= 0.6 is 0 Å². The summed E-state index contributed by atoms with van der Waals surface area (Å²) in [6.07, 6.45) is 3.30. The highest BCUT2D eigenvalue weighted by atomic mass is 32.2. The number of fused-ring (bicyclic) bond motifs is 1. The van der Waals surface area contributed by atoms with Crippen molar-refractivity contribution in [3.63, 3.8) is 0 Å². The lowest BCUT2D eigenvalue weighted by Crippen LogP contribution is -2.33. The van der Waals surface area contributed by atoms with Gasteiger partial charge < -0.3 is 4.74 Å². The third-order valence-corrected chi connectivity index (χ3v) is 4.15. The van der Waals surface area contributed by atoms with Crippen LogP contribution in [-0.4, -0.2) is 25.5 Å². The first-order valence-electron chi connectivity index (χ1n) is 4.75. The summed E-state index contributed by atoms with van der Waals surface area (Å²) in [5.41, 5.74) is -0.341. The predicted molar refractivity (Wildman–Crippen MR) is 52.0 cm³/mol. The Hall–Kier alpha value is -1.14. The average molecular weight is 226 g/mol. The summed E-state index contributed by atoms with van der Waals surface area (Å²) in [7, 11) is -3.45. The lowest BCUT2D eigenvalue weighted by Gasteiger charge is -2.12. The van der Waals surface area contributed by atoms with Crippen molar-refractivity contribution in [1.29, 1.82) is 0 Å². The first-order chi connectivity index (χ1) is 7.11. The van der Waals surface area contributed by atoms with E-state index in [0.717, 1.165) is 12.8 Å². The Bertz CT molecular complexity index is 508. The highest BCUT2D eigenvalue weighted by Crippen LogP contribution is 2.42. The zero-order valence-corrected chi connectivity index (χ0v) is 8.75. The molecule has 0 atom stereocenters. The summed E-state index contributed by atoms with van der Waals surface area (Å²) in [5.74, 6) is 0.222. The van der Waals surface area contributed by atoms with Gasteiger partial charge in [-0.15, -0.1) is 0 Å². The number of hydrogen-bond donors (Lipinski definition) is 1. The van der Waals surface area contributed by atoms with Crippen LogP contribution in [0.4, 0.5) is 0 Å². The van der Waals surface area contributed by atoms with E-state index in [9.17, 15) is 8.42 Å². The molecule has 1 aromatic rings. The maximum Gasteiger partial charge on any atom is 0.246 e. The Labute approximate surface area is 87.5 Å². The fourth-order valence-corrected chi connectivity index (χ4v) is 2.81. The zero-order valence-electron chi connectivity index (χ0n) is 7.93. The molecule has 3 rings (SSSR count). The molecule has 0 radical (unpaired) electrons. The lowest BCUT2D eigenvalue weighted by atomic mass is 10.3. The molecule has 6 heteroatoms. The lowest BCUT2D eigenvalue weighted by molar-refractivity contribution is 0.174. The molecule has 1 saturated carbocycles. The molecule has 1 spiro atoms. The van der Waals surface area contributed by atoms with Crippen molar-refractivity contribution in [3.8, 4) is 5.88 Å². The minimum Gasteiger partial charge on any atom is -0.469 e. The van der Waals surface area contributed by atoms with Crippen LogP contribution < -0.4 is 9.46 Å². The van der Waals surface area contributed by atoms with Crippen molar-refractivity contribution in [2.45, 2.75) is 23.3 Å². The number of nitrogens with one attached hydrogen (secondary N) is 1. The Morgan fingerprint density at radius 2 is 2.27 bits per heavy atom. The molecule has 1 N–H and O–H groups in total. The first kappa shape index (κ1) is 9.11. The fourth-order valence-electron chi connectivity index (χ4n) is 1.62. The Morgan fingerprint density at radius 1 is 1.47 bits per heavy atom. The summed E-state index contributed by atoms with van der Waals surface area (Å²) < 4.78 is 31.7. The van der Waals surface area contributed by atoms with Gasteiger partial charge in [0.15, 0.2) is 0 Å². The van der Waals surface area contributed by atoms with Crippen LogP contribution in [0.2, 0.25) is 0 Å². The molecule has 80 valence electrons. The van der Waals surface area contributed by atoms with Gasteiger partial charge in [0.2, 0.25) is 15.9 Å². The van der Waals surface area contributed by atoms with Gasteiger partial charge in [-0.3, -0.25) is 0 Å². The predicted octanol–water partition coefficient (Wildman–Crippen LogP) is 0.285. The minimum absolute atomic E-state index is 0.133. The van der Waals surface area contributed by atoms with Crippen LogP contribution in [0.1, 0.15) is 12.8 Å². The number of sulfonamides is 1. The Balaban J connectivity index is 2.17. The maximum absolute atomic E-state index is 11.8. The summed E-state index contributed by atoms with van der Waals surface area (Å²) >= 11 is 0. The number of pyridine rings is 1.